The number of hydrogen-bond acceptors (Lipinski definition) is 1. The minimum Gasteiger partial charge on any atom is -0.480 e. The van der Waals surface area contributed by atoms with Gasteiger partial charge in [-0.05, 0) is 23.6 Å². The van der Waals surface area contributed by atoms with Gasteiger partial charge in [0.15, 0.2) is 6.17 Å². The first-order valence-corrected chi connectivity index (χ1v) is 6.04. The van der Waals surface area contributed by atoms with Crippen LogP contribution in [0.15, 0.2) is 24.3 Å². The van der Waals surface area contributed by atoms with Gasteiger partial charge in [-0.25, -0.2) is 13.2 Å². The molecule has 0 amide bonds. The van der Waals surface area contributed by atoms with E-state index in [1.54, 1.807) is 0 Å². The normalized spacial score (nSPS) is 16.4. The standard InChI is InChI=1S/C13H14ClF3O2/c1-7(2)13(12(18)19,10(15)11(16)17)8-3-5-9(14)6-4-8/h3-7,10-11H,1-2H3,(H,18,19). The first-order chi connectivity index (χ1) is 8.74. The molecule has 0 radical (unpaired) electrons. The van der Waals surface area contributed by atoms with Crippen molar-refractivity contribution in [1.29, 1.82) is 0 Å². The van der Waals surface area contributed by atoms with Crippen LogP contribution in [0.3, 0.4) is 0 Å². The molecule has 2 atom stereocenters. The average molecular weight is 295 g/mol. The van der Waals surface area contributed by atoms with Gasteiger partial charge >= 0.3 is 5.97 Å². The van der Waals surface area contributed by atoms with Gasteiger partial charge in [0.25, 0.3) is 6.43 Å². The van der Waals surface area contributed by atoms with Crippen molar-refractivity contribution in [2.45, 2.75) is 31.9 Å². The predicted octanol–water partition coefficient (Wildman–Crippen LogP) is 3.92. The maximum Gasteiger partial charge on any atom is 0.317 e. The van der Waals surface area contributed by atoms with E-state index >= 15 is 0 Å². The average Bonchev–Trinajstić information content (AvgIpc) is 2.31. The van der Waals surface area contributed by atoms with Gasteiger partial charge in [0.1, 0.15) is 5.41 Å². The second kappa shape index (κ2) is 5.82. The molecular weight excluding hydrogens is 281 g/mol. The lowest BCUT2D eigenvalue weighted by Gasteiger charge is -2.36. The maximum absolute atomic E-state index is 14.0. The fraction of sp³-hybridized carbons (Fsp3) is 0.462. The van der Waals surface area contributed by atoms with Crippen molar-refractivity contribution >= 4 is 17.6 Å². The molecule has 0 heterocycles. The van der Waals surface area contributed by atoms with Gasteiger partial charge in [-0.15, -0.1) is 0 Å². The Hall–Kier alpha value is -1.23. The first-order valence-electron chi connectivity index (χ1n) is 5.66. The van der Waals surface area contributed by atoms with Crippen LogP contribution in [0, 0.1) is 5.92 Å². The summed E-state index contributed by atoms with van der Waals surface area (Å²) < 4.78 is 39.5. The molecule has 106 valence electrons. The van der Waals surface area contributed by atoms with E-state index in [2.05, 4.69) is 0 Å². The molecule has 0 fully saturated rings. The Morgan fingerprint density at radius 3 is 2.00 bits per heavy atom. The minimum absolute atomic E-state index is 0.0211. The SMILES string of the molecule is CC(C)C(C(=O)O)(c1ccc(Cl)cc1)C(F)C(F)F. The van der Waals surface area contributed by atoms with Crippen LogP contribution in [-0.2, 0) is 10.2 Å². The number of carboxylic acid groups (broad SMARTS) is 1. The summed E-state index contributed by atoms with van der Waals surface area (Å²) in [5, 5.41) is 9.65. The third kappa shape index (κ3) is 2.71. The van der Waals surface area contributed by atoms with Crippen molar-refractivity contribution in [3.05, 3.63) is 34.9 Å². The number of carboxylic acids is 1. The summed E-state index contributed by atoms with van der Waals surface area (Å²) in [5.41, 5.74) is -2.31. The number of halogens is 4. The highest BCUT2D eigenvalue weighted by Crippen LogP contribution is 2.40. The largest absolute Gasteiger partial charge is 0.480 e. The van der Waals surface area contributed by atoms with E-state index in [1.807, 2.05) is 0 Å². The van der Waals surface area contributed by atoms with E-state index in [1.165, 1.54) is 38.1 Å². The fourth-order valence-corrected chi connectivity index (χ4v) is 2.35. The Morgan fingerprint density at radius 2 is 1.68 bits per heavy atom. The molecule has 1 N–H and O–H groups in total. The summed E-state index contributed by atoms with van der Waals surface area (Å²) in [7, 11) is 0. The third-order valence-electron chi connectivity index (χ3n) is 3.24. The molecule has 1 aromatic rings. The number of carbonyl (C=O) groups is 1. The lowest BCUT2D eigenvalue weighted by Crippen LogP contribution is -2.51. The smallest absolute Gasteiger partial charge is 0.317 e. The van der Waals surface area contributed by atoms with Crippen molar-refractivity contribution in [1.82, 2.24) is 0 Å². The second-order valence-corrected chi connectivity index (χ2v) is 5.01. The van der Waals surface area contributed by atoms with Crippen LogP contribution in [0.2, 0.25) is 5.02 Å². The summed E-state index contributed by atoms with van der Waals surface area (Å²) in [6.07, 6.45) is -6.18. The van der Waals surface area contributed by atoms with E-state index in [-0.39, 0.29) is 5.56 Å². The highest BCUT2D eigenvalue weighted by atomic mass is 35.5. The van der Waals surface area contributed by atoms with Crippen LogP contribution in [0.25, 0.3) is 0 Å². The Bertz CT molecular complexity index is 448. The maximum atomic E-state index is 14.0. The molecule has 1 rings (SSSR count). The van der Waals surface area contributed by atoms with Crippen molar-refractivity contribution in [3.8, 4) is 0 Å². The number of rotatable bonds is 5. The number of hydrogen-bond donors (Lipinski definition) is 1. The molecule has 2 nitrogen and oxygen atoms in total. The van der Waals surface area contributed by atoms with Crippen molar-refractivity contribution in [2.75, 3.05) is 0 Å². The van der Waals surface area contributed by atoms with E-state index in [0.29, 0.717) is 5.02 Å². The Kier molecular flexibility index (Phi) is 4.85. The molecule has 0 aliphatic rings. The lowest BCUT2D eigenvalue weighted by atomic mass is 9.68. The van der Waals surface area contributed by atoms with Gasteiger partial charge in [-0.1, -0.05) is 37.6 Å². The van der Waals surface area contributed by atoms with E-state index in [9.17, 15) is 23.1 Å². The third-order valence-corrected chi connectivity index (χ3v) is 3.49. The van der Waals surface area contributed by atoms with Crippen LogP contribution >= 0.6 is 11.6 Å². The van der Waals surface area contributed by atoms with Crippen molar-refractivity contribution in [2.24, 2.45) is 5.92 Å². The summed E-state index contributed by atoms with van der Waals surface area (Å²) in [6.45, 7) is 2.80. The zero-order chi connectivity index (χ0) is 14.8. The molecule has 6 heteroatoms. The molecule has 0 aromatic heterocycles. The highest BCUT2D eigenvalue weighted by Gasteiger charge is 2.54. The predicted molar refractivity (Wildman–Crippen MR) is 66.5 cm³/mol. The Morgan fingerprint density at radius 1 is 1.21 bits per heavy atom. The van der Waals surface area contributed by atoms with Crippen LogP contribution < -0.4 is 0 Å². The van der Waals surface area contributed by atoms with Gasteiger partial charge in [0.05, 0.1) is 0 Å². The monoisotopic (exact) mass is 294 g/mol. The molecule has 0 spiro atoms. The zero-order valence-electron chi connectivity index (χ0n) is 10.4. The Balaban J connectivity index is 3.48. The van der Waals surface area contributed by atoms with Gasteiger partial charge in [-0.2, -0.15) is 0 Å². The van der Waals surface area contributed by atoms with Gasteiger partial charge in [-0.3, -0.25) is 4.79 Å². The molecular formula is C13H14ClF3O2. The number of aliphatic carboxylic acids is 1. The fourth-order valence-electron chi connectivity index (χ4n) is 2.22. The molecule has 0 saturated heterocycles. The molecule has 0 aliphatic carbocycles. The number of alkyl halides is 3. The minimum atomic E-state index is -3.38. The first kappa shape index (κ1) is 15.8. The highest BCUT2D eigenvalue weighted by molar-refractivity contribution is 6.30. The summed E-state index contributed by atoms with van der Waals surface area (Å²) in [5.74, 6) is -2.47. The zero-order valence-corrected chi connectivity index (χ0v) is 11.2. The van der Waals surface area contributed by atoms with Crippen LogP contribution in [0.5, 0.6) is 0 Å². The van der Waals surface area contributed by atoms with Gasteiger partial charge in [0.2, 0.25) is 0 Å². The molecule has 19 heavy (non-hydrogen) atoms. The lowest BCUT2D eigenvalue weighted by molar-refractivity contribution is -0.153. The Labute approximate surface area is 114 Å². The van der Waals surface area contributed by atoms with E-state index in [4.69, 9.17) is 11.6 Å². The van der Waals surface area contributed by atoms with Crippen LogP contribution in [-0.4, -0.2) is 23.7 Å². The molecule has 2 unspecified atom stereocenters. The van der Waals surface area contributed by atoms with Crippen molar-refractivity contribution < 1.29 is 23.1 Å². The number of benzene rings is 1. The molecule has 0 bridgehead atoms. The van der Waals surface area contributed by atoms with E-state index < -0.39 is 29.9 Å². The van der Waals surface area contributed by atoms with E-state index in [0.717, 1.165) is 0 Å². The molecule has 0 saturated carbocycles. The van der Waals surface area contributed by atoms with Gasteiger partial charge < -0.3 is 5.11 Å². The molecule has 1 aromatic carbocycles. The van der Waals surface area contributed by atoms with Crippen molar-refractivity contribution in [3.63, 3.8) is 0 Å². The van der Waals surface area contributed by atoms with Gasteiger partial charge in [0, 0.05) is 5.02 Å². The summed E-state index contributed by atoms with van der Waals surface area (Å²) >= 11 is 5.67. The topological polar surface area (TPSA) is 37.3 Å². The van der Waals surface area contributed by atoms with Crippen LogP contribution in [0.1, 0.15) is 19.4 Å². The second-order valence-electron chi connectivity index (χ2n) is 4.57. The summed E-state index contributed by atoms with van der Waals surface area (Å²) in [6, 6.07) is 5.25. The summed E-state index contributed by atoms with van der Waals surface area (Å²) in [4.78, 5) is 11.5. The quantitative estimate of drug-likeness (QED) is 0.893. The molecule has 0 aliphatic heterocycles. The van der Waals surface area contributed by atoms with Crippen LogP contribution in [0.4, 0.5) is 13.2 Å².